The van der Waals surface area contributed by atoms with Gasteiger partial charge < -0.3 is 10.1 Å². The van der Waals surface area contributed by atoms with Crippen molar-refractivity contribution in [3.63, 3.8) is 0 Å². The van der Waals surface area contributed by atoms with E-state index < -0.39 is 0 Å². The van der Waals surface area contributed by atoms with Crippen molar-refractivity contribution in [2.45, 2.75) is 20.3 Å². The summed E-state index contributed by atoms with van der Waals surface area (Å²) in [5.41, 5.74) is 1.47. The molecule has 0 unspecified atom stereocenters. The Hall–Kier alpha value is -2.91. The van der Waals surface area contributed by atoms with Crippen molar-refractivity contribution in [2.24, 2.45) is 5.92 Å². The standard InChI is InChI=1S/C20H21N3O2S/c1-14(2)11-12-25-17-9-7-15(8-10-17)19(24)23-20(26)22-18-6-4-3-5-16(18)13-21/h3-10,14H,11-12H2,1-2H3,(H2,22,23,24,26). The molecule has 2 aromatic rings. The van der Waals surface area contributed by atoms with Gasteiger partial charge in [0.15, 0.2) is 5.11 Å². The summed E-state index contributed by atoms with van der Waals surface area (Å²) in [4.78, 5) is 12.3. The molecule has 2 rings (SSSR count). The molecule has 0 aliphatic carbocycles. The number of anilines is 1. The van der Waals surface area contributed by atoms with Gasteiger partial charge in [-0.05, 0) is 61.0 Å². The Morgan fingerprint density at radius 2 is 1.88 bits per heavy atom. The number of para-hydroxylation sites is 1. The van der Waals surface area contributed by atoms with Gasteiger partial charge in [0, 0.05) is 5.56 Å². The number of nitrogens with one attached hydrogen (secondary N) is 2. The lowest BCUT2D eigenvalue weighted by Crippen LogP contribution is -2.34. The first-order valence-electron chi connectivity index (χ1n) is 8.34. The van der Waals surface area contributed by atoms with Crippen molar-refractivity contribution in [3.8, 4) is 11.8 Å². The third-order valence-electron chi connectivity index (χ3n) is 3.60. The Bertz CT molecular complexity index is 811. The molecule has 2 N–H and O–H groups in total. The van der Waals surface area contributed by atoms with Crippen molar-refractivity contribution in [1.82, 2.24) is 5.32 Å². The number of nitrogens with zero attached hydrogens (tertiary/aromatic N) is 1. The summed E-state index contributed by atoms with van der Waals surface area (Å²) in [5, 5.41) is 14.7. The fourth-order valence-electron chi connectivity index (χ4n) is 2.13. The third kappa shape index (κ3) is 5.87. The van der Waals surface area contributed by atoms with E-state index in [9.17, 15) is 4.79 Å². The lowest BCUT2D eigenvalue weighted by molar-refractivity contribution is 0.0977. The predicted octanol–water partition coefficient (Wildman–Crippen LogP) is 4.11. The molecule has 0 atom stereocenters. The maximum absolute atomic E-state index is 12.3. The van der Waals surface area contributed by atoms with E-state index >= 15 is 0 Å². The second-order valence-corrected chi connectivity index (χ2v) is 6.53. The predicted molar refractivity (Wildman–Crippen MR) is 106 cm³/mol. The first-order valence-corrected chi connectivity index (χ1v) is 8.74. The highest BCUT2D eigenvalue weighted by atomic mass is 32.1. The van der Waals surface area contributed by atoms with Gasteiger partial charge in [0.05, 0.1) is 17.9 Å². The zero-order chi connectivity index (χ0) is 18.9. The number of hydrogen-bond acceptors (Lipinski definition) is 4. The van der Waals surface area contributed by atoms with Gasteiger partial charge in [0.1, 0.15) is 11.8 Å². The molecule has 6 heteroatoms. The molecule has 5 nitrogen and oxygen atoms in total. The summed E-state index contributed by atoms with van der Waals surface area (Å²) in [7, 11) is 0. The number of nitriles is 1. The lowest BCUT2D eigenvalue weighted by Gasteiger charge is -2.11. The number of hydrogen-bond donors (Lipinski definition) is 2. The number of rotatable bonds is 6. The Morgan fingerprint density at radius 3 is 2.54 bits per heavy atom. The number of carbonyl (C=O) groups is 1. The van der Waals surface area contributed by atoms with E-state index in [2.05, 4.69) is 30.6 Å². The second kappa shape index (κ2) is 9.54. The zero-order valence-electron chi connectivity index (χ0n) is 14.8. The molecule has 2 aromatic carbocycles. The van der Waals surface area contributed by atoms with Crippen LogP contribution in [-0.4, -0.2) is 17.6 Å². The van der Waals surface area contributed by atoms with Crippen molar-refractivity contribution in [3.05, 3.63) is 59.7 Å². The summed E-state index contributed by atoms with van der Waals surface area (Å²) < 4.78 is 5.64. The number of amides is 1. The average molecular weight is 367 g/mol. The molecule has 1 amide bonds. The highest BCUT2D eigenvalue weighted by molar-refractivity contribution is 7.80. The summed E-state index contributed by atoms with van der Waals surface area (Å²) in [5.74, 6) is 0.983. The van der Waals surface area contributed by atoms with E-state index in [1.54, 1.807) is 48.5 Å². The van der Waals surface area contributed by atoms with Gasteiger partial charge in [0.2, 0.25) is 0 Å². The van der Waals surface area contributed by atoms with E-state index in [0.717, 1.165) is 12.2 Å². The van der Waals surface area contributed by atoms with Gasteiger partial charge in [-0.1, -0.05) is 26.0 Å². The number of carbonyl (C=O) groups excluding carboxylic acids is 1. The summed E-state index contributed by atoms with van der Waals surface area (Å²) in [6, 6.07) is 15.9. The van der Waals surface area contributed by atoms with E-state index in [-0.39, 0.29) is 11.0 Å². The molecular formula is C20H21N3O2S. The van der Waals surface area contributed by atoms with Gasteiger partial charge in [-0.2, -0.15) is 5.26 Å². The van der Waals surface area contributed by atoms with Crippen LogP contribution < -0.4 is 15.4 Å². The summed E-state index contributed by atoms with van der Waals surface area (Å²) in [6.07, 6.45) is 0.979. The van der Waals surface area contributed by atoms with Crippen LogP contribution in [0.2, 0.25) is 0 Å². The Balaban J connectivity index is 1.90. The monoisotopic (exact) mass is 367 g/mol. The number of thiocarbonyl (C=S) groups is 1. The van der Waals surface area contributed by atoms with Crippen molar-refractivity contribution in [1.29, 1.82) is 5.26 Å². The van der Waals surface area contributed by atoms with Gasteiger partial charge in [0.25, 0.3) is 5.91 Å². The van der Waals surface area contributed by atoms with Crippen LogP contribution >= 0.6 is 12.2 Å². The Labute approximate surface area is 159 Å². The van der Waals surface area contributed by atoms with Crippen LogP contribution in [0.4, 0.5) is 5.69 Å². The Morgan fingerprint density at radius 1 is 1.19 bits per heavy atom. The van der Waals surface area contributed by atoms with Gasteiger partial charge >= 0.3 is 0 Å². The quantitative estimate of drug-likeness (QED) is 0.752. The van der Waals surface area contributed by atoms with Gasteiger partial charge in [-0.15, -0.1) is 0 Å². The average Bonchev–Trinajstić information content (AvgIpc) is 2.62. The van der Waals surface area contributed by atoms with Crippen LogP contribution in [0.3, 0.4) is 0 Å². The maximum atomic E-state index is 12.3. The number of ether oxygens (including phenoxy) is 1. The SMILES string of the molecule is CC(C)CCOc1ccc(C(=O)NC(=S)Nc2ccccc2C#N)cc1. The summed E-state index contributed by atoms with van der Waals surface area (Å²) >= 11 is 5.15. The van der Waals surface area contributed by atoms with Crippen LogP contribution in [0.5, 0.6) is 5.75 Å². The van der Waals surface area contributed by atoms with E-state index in [1.807, 2.05) is 0 Å². The first-order chi connectivity index (χ1) is 12.5. The van der Waals surface area contributed by atoms with E-state index in [0.29, 0.717) is 29.3 Å². The molecule has 0 fully saturated rings. The minimum absolute atomic E-state index is 0.134. The van der Waals surface area contributed by atoms with Gasteiger partial charge in [-0.3, -0.25) is 10.1 Å². The largest absolute Gasteiger partial charge is 0.494 e. The van der Waals surface area contributed by atoms with E-state index in [1.165, 1.54) is 0 Å². The lowest BCUT2D eigenvalue weighted by atomic mass is 10.1. The summed E-state index contributed by atoms with van der Waals surface area (Å²) in [6.45, 7) is 4.93. The minimum Gasteiger partial charge on any atom is -0.494 e. The molecule has 0 saturated heterocycles. The van der Waals surface area contributed by atoms with Crippen LogP contribution in [0.15, 0.2) is 48.5 Å². The number of benzene rings is 2. The Kier molecular flexibility index (Phi) is 7.12. The molecule has 0 bridgehead atoms. The molecule has 0 heterocycles. The molecule has 0 spiro atoms. The van der Waals surface area contributed by atoms with E-state index in [4.69, 9.17) is 22.2 Å². The smallest absolute Gasteiger partial charge is 0.257 e. The molecule has 0 saturated carbocycles. The first kappa shape index (κ1) is 19.4. The van der Waals surface area contributed by atoms with Crippen LogP contribution in [0, 0.1) is 17.2 Å². The van der Waals surface area contributed by atoms with Crippen molar-refractivity contribution >= 4 is 28.9 Å². The maximum Gasteiger partial charge on any atom is 0.257 e. The van der Waals surface area contributed by atoms with Gasteiger partial charge in [-0.25, -0.2) is 0 Å². The fraction of sp³-hybridized carbons (Fsp3) is 0.250. The van der Waals surface area contributed by atoms with Crippen molar-refractivity contribution in [2.75, 3.05) is 11.9 Å². The van der Waals surface area contributed by atoms with Crippen molar-refractivity contribution < 1.29 is 9.53 Å². The van der Waals surface area contributed by atoms with Crippen LogP contribution in [-0.2, 0) is 0 Å². The molecule has 134 valence electrons. The fourth-order valence-corrected chi connectivity index (χ4v) is 2.34. The molecule has 0 aliphatic rings. The molecule has 26 heavy (non-hydrogen) atoms. The highest BCUT2D eigenvalue weighted by Gasteiger charge is 2.09. The molecular weight excluding hydrogens is 346 g/mol. The minimum atomic E-state index is -0.328. The van der Waals surface area contributed by atoms with Crippen LogP contribution in [0.25, 0.3) is 0 Å². The second-order valence-electron chi connectivity index (χ2n) is 6.12. The third-order valence-corrected chi connectivity index (χ3v) is 3.81. The molecule has 0 aliphatic heterocycles. The topological polar surface area (TPSA) is 74.2 Å². The molecule has 0 radical (unpaired) electrons. The normalized spacial score (nSPS) is 10.1. The zero-order valence-corrected chi connectivity index (χ0v) is 15.6. The molecule has 0 aromatic heterocycles. The van der Waals surface area contributed by atoms with Crippen LogP contribution in [0.1, 0.15) is 36.2 Å². The highest BCUT2D eigenvalue weighted by Crippen LogP contribution is 2.15.